The van der Waals surface area contributed by atoms with E-state index in [1.807, 2.05) is 12.1 Å². The molecule has 1 aromatic heterocycles. The molecule has 2 rings (SSSR count). The molecule has 0 aliphatic rings. The van der Waals surface area contributed by atoms with Crippen molar-refractivity contribution in [3.05, 3.63) is 47.3 Å². The molecule has 130 valence electrons. The third-order valence-electron chi connectivity index (χ3n) is 2.48. The lowest BCUT2D eigenvalue weighted by Crippen LogP contribution is -2.17. The summed E-state index contributed by atoms with van der Waals surface area (Å²) in [6.45, 7) is 3.94. The number of rotatable bonds is 4. The number of hydrogen-bond acceptors (Lipinski definition) is 7. The number of ether oxygens (including phenoxy) is 1. The topological polar surface area (TPSA) is 182 Å². The van der Waals surface area contributed by atoms with Gasteiger partial charge in [0.1, 0.15) is 23.9 Å². The van der Waals surface area contributed by atoms with Gasteiger partial charge in [-0.05, 0) is 12.1 Å². The van der Waals surface area contributed by atoms with Crippen molar-refractivity contribution < 1.29 is 22.3 Å². The van der Waals surface area contributed by atoms with E-state index in [0.717, 1.165) is 0 Å². The molecule has 10 nitrogen and oxygen atoms in total. The van der Waals surface area contributed by atoms with Crippen LogP contribution in [0.3, 0.4) is 0 Å². The fourth-order valence-electron chi connectivity index (χ4n) is 1.56. The summed E-state index contributed by atoms with van der Waals surface area (Å²) in [7, 11) is -4.67. The highest BCUT2D eigenvalue weighted by Gasteiger charge is 2.11. The molecule has 24 heavy (non-hydrogen) atoms. The maximum absolute atomic E-state index is 11.6. The summed E-state index contributed by atoms with van der Waals surface area (Å²) in [6, 6.07) is 7.17. The van der Waals surface area contributed by atoms with Gasteiger partial charge in [0, 0.05) is 0 Å². The minimum absolute atomic E-state index is 0.00252. The van der Waals surface area contributed by atoms with Crippen molar-refractivity contribution in [3.8, 4) is 17.1 Å². The third kappa shape index (κ3) is 6.08. The molecule has 11 heteroatoms. The van der Waals surface area contributed by atoms with Gasteiger partial charge in [0.25, 0.3) is 5.56 Å². The van der Waals surface area contributed by atoms with Crippen LogP contribution in [-0.4, -0.2) is 34.1 Å². The van der Waals surface area contributed by atoms with Crippen molar-refractivity contribution in [1.82, 2.24) is 9.97 Å². The molecule has 0 atom stereocenters. The van der Waals surface area contributed by atoms with Crippen LogP contribution in [0.1, 0.15) is 0 Å². The van der Waals surface area contributed by atoms with Crippen LogP contribution >= 0.6 is 0 Å². The largest absolute Gasteiger partial charge is 0.489 e. The van der Waals surface area contributed by atoms with Gasteiger partial charge in [0.15, 0.2) is 5.82 Å². The number of nitrogen functional groups attached to an aromatic ring is 2. The van der Waals surface area contributed by atoms with Gasteiger partial charge in [-0.15, -0.1) is 0 Å². The number of hydrogen-bond donors (Lipinski definition) is 5. The van der Waals surface area contributed by atoms with E-state index >= 15 is 0 Å². The third-order valence-corrected chi connectivity index (χ3v) is 2.48. The van der Waals surface area contributed by atoms with Gasteiger partial charge >= 0.3 is 10.4 Å². The van der Waals surface area contributed by atoms with E-state index in [4.69, 9.17) is 33.7 Å². The number of para-hydroxylation sites is 1. The Kier molecular flexibility index (Phi) is 6.47. The second kappa shape index (κ2) is 8.10. The first-order valence-electron chi connectivity index (χ1n) is 6.31. The van der Waals surface area contributed by atoms with Crippen LogP contribution in [-0.2, 0) is 10.4 Å². The predicted molar refractivity (Wildman–Crippen MR) is 89.0 cm³/mol. The number of aromatic amines is 1. The molecule has 0 amide bonds. The highest BCUT2D eigenvalue weighted by molar-refractivity contribution is 7.79. The Morgan fingerprint density at radius 1 is 1.29 bits per heavy atom. The zero-order valence-corrected chi connectivity index (χ0v) is 13.2. The molecule has 0 saturated carbocycles. The molecule has 1 heterocycles. The summed E-state index contributed by atoms with van der Waals surface area (Å²) in [5.74, 6) is 0.892. The Balaban J connectivity index is 0.000000505. The molecule has 2 aromatic rings. The van der Waals surface area contributed by atoms with Crippen molar-refractivity contribution in [3.63, 3.8) is 0 Å². The second-order valence-corrected chi connectivity index (χ2v) is 5.15. The van der Waals surface area contributed by atoms with Crippen molar-refractivity contribution in [2.24, 2.45) is 0 Å². The summed E-state index contributed by atoms with van der Waals surface area (Å²) in [6.07, 6.45) is 1.63. The van der Waals surface area contributed by atoms with Crippen LogP contribution < -0.4 is 21.8 Å². The summed E-state index contributed by atoms with van der Waals surface area (Å²) < 4.78 is 37.1. The van der Waals surface area contributed by atoms with Crippen LogP contribution in [0.5, 0.6) is 5.75 Å². The van der Waals surface area contributed by atoms with Gasteiger partial charge in [0.2, 0.25) is 0 Å². The number of nitrogens with one attached hydrogen (secondary N) is 1. The number of anilines is 2. The summed E-state index contributed by atoms with van der Waals surface area (Å²) in [5, 5.41) is 0. The SMILES string of the molecule is C=CCOc1ccccc1-c1nc(N)c(N)c(=O)[nH]1.O=S(=O)(O)O. The average Bonchev–Trinajstić information content (AvgIpc) is 2.49. The van der Waals surface area contributed by atoms with E-state index in [1.54, 1.807) is 18.2 Å². The molecule has 0 unspecified atom stereocenters. The number of H-pyrrole nitrogens is 1. The fourth-order valence-corrected chi connectivity index (χ4v) is 1.56. The van der Waals surface area contributed by atoms with Gasteiger partial charge in [-0.2, -0.15) is 8.42 Å². The Morgan fingerprint density at radius 3 is 2.42 bits per heavy atom. The Bertz CT molecular complexity index is 870. The molecular weight excluding hydrogens is 340 g/mol. The first-order valence-corrected chi connectivity index (χ1v) is 7.71. The highest BCUT2D eigenvalue weighted by atomic mass is 32.3. The Hall–Kier alpha value is -2.89. The van der Waals surface area contributed by atoms with E-state index in [-0.39, 0.29) is 11.5 Å². The van der Waals surface area contributed by atoms with E-state index in [2.05, 4.69) is 16.5 Å². The standard InChI is InChI=1S/C13H14N4O2.H2O4S/c1-2-7-19-9-6-4-3-5-8(9)12-16-11(15)10(14)13(18)17-12;1-5(2,3)4/h2-6H,1,7,14H2,(H3,15,16,17,18);(H2,1,2,3,4). The lowest BCUT2D eigenvalue weighted by Gasteiger charge is -2.10. The smallest absolute Gasteiger partial charge is 0.394 e. The van der Waals surface area contributed by atoms with Crippen LogP contribution in [0.4, 0.5) is 11.5 Å². The van der Waals surface area contributed by atoms with E-state index in [9.17, 15) is 4.79 Å². The molecule has 0 radical (unpaired) electrons. The number of aromatic nitrogens is 2. The molecule has 1 aromatic carbocycles. The number of benzene rings is 1. The molecule has 0 aliphatic heterocycles. The Labute approximate surface area is 137 Å². The van der Waals surface area contributed by atoms with Gasteiger partial charge in [-0.25, -0.2) is 4.98 Å². The maximum Gasteiger partial charge on any atom is 0.394 e. The first kappa shape index (κ1) is 19.2. The van der Waals surface area contributed by atoms with Crippen LogP contribution in [0, 0.1) is 0 Å². The predicted octanol–water partition coefficient (Wildman–Crippen LogP) is 0.513. The molecular formula is C13H16N4O6S. The lowest BCUT2D eigenvalue weighted by atomic mass is 10.2. The van der Waals surface area contributed by atoms with Gasteiger partial charge in [-0.3, -0.25) is 13.9 Å². The number of nitrogens with zero attached hydrogens (tertiary/aromatic N) is 1. The Morgan fingerprint density at radius 2 is 1.88 bits per heavy atom. The zero-order chi connectivity index (χ0) is 18.3. The summed E-state index contributed by atoms with van der Waals surface area (Å²) in [4.78, 5) is 18.2. The van der Waals surface area contributed by atoms with Crippen molar-refractivity contribution in [1.29, 1.82) is 0 Å². The van der Waals surface area contributed by atoms with Crippen LogP contribution in [0.15, 0.2) is 41.7 Å². The van der Waals surface area contributed by atoms with Gasteiger partial charge < -0.3 is 21.2 Å². The molecule has 0 bridgehead atoms. The van der Waals surface area contributed by atoms with E-state index < -0.39 is 16.0 Å². The van der Waals surface area contributed by atoms with E-state index in [1.165, 1.54) is 0 Å². The van der Waals surface area contributed by atoms with Crippen LogP contribution in [0.2, 0.25) is 0 Å². The lowest BCUT2D eigenvalue weighted by molar-refractivity contribution is 0.364. The molecule has 0 fully saturated rings. The quantitative estimate of drug-likeness (QED) is 0.385. The molecule has 0 aliphatic carbocycles. The van der Waals surface area contributed by atoms with Crippen molar-refractivity contribution in [2.45, 2.75) is 0 Å². The second-order valence-electron chi connectivity index (χ2n) is 4.26. The van der Waals surface area contributed by atoms with Crippen molar-refractivity contribution >= 4 is 21.9 Å². The van der Waals surface area contributed by atoms with Crippen molar-refractivity contribution in [2.75, 3.05) is 18.1 Å². The molecule has 0 saturated heterocycles. The first-order chi connectivity index (χ1) is 11.1. The number of nitrogens with two attached hydrogens (primary N) is 2. The monoisotopic (exact) mass is 356 g/mol. The van der Waals surface area contributed by atoms with Gasteiger partial charge in [-0.1, -0.05) is 24.8 Å². The molecule has 7 N–H and O–H groups in total. The average molecular weight is 356 g/mol. The minimum Gasteiger partial charge on any atom is -0.489 e. The minimum atomic E-state index is -4.67. The maximum atomic E-state index is 11.6. The van der Waals surface area contributed by atoms with Crippen LogP contribution in [0.25, 0.3) is 11.4 Å². The van der Waals surface area contributed by atoms with E-state index in [0.29, 0.717) is 23.7 Å². The summed E-state index contributed by atoms with van der Waals surface area (Å²) >= 11 is 0. The van der Waals surface area contributed by atoms with Gasteiger partial charge in [0.05, 0.1) is 5.56 Å². The molecule has 0 spiro atoms. The normalized spacial score (nSPS) is 10.4. The zero-order valence-electron chi connectivity index (χ0n) is 12.3. The highest BCUT2D eigenvalue weighted by Crippen LogP contribution is 2.27. The fraction of sp³-hybridized carbons (Fsp3) is 0.0769. The summed E-state index contributed by atoms with van der Waals surface area (Å²) in [5.41, 5.74) is 11.1.